The maximum absolute atomic E-state index is 6.23. The molecule has 2 atom stereocenters. The zero-order chi connectivity index (χ0) is 34.0. The largest absolute Gasteiger partial charge is 0.498 e. The Morgan fingerprint density at radius 1 is 0.878 bits per heavy atom. The van der Waals surface area contributed by atoms with Crippen molar-refractivity contribution in [1.82, 2.24) is 9.78 Å². The quantitative estimate of drug-likeness (QED) is 0.119. The first-order valence-electron chi connectivity index (χ1n) is 18.7. The molecule has 1 aliphatic carbocycles. The van der Waals surface area contributed by atoms with E-state index in [1.54, 1.807) is 0 Å². The van der Waals surface area contributed by atoms with Gasteiger partial charge in [0.15, 0.2) is 0 Å². The third kappa shape index (κ3) is 7.34. The van der Waals surface area contributed by atoms with Crippen LogP contribution in [0.15, 0.2) is 85.2 Å². The molecule has 0 unspecified atom stereocenters. The molecule has 7 heteroatoms. The Hall–Kier alpha value is -3.55. The Morgan fingerprint density at radius 2 is 1.61 bits per heavy atom. The number of hydrogen-bond acceptors (Lipinski definition) is 5. The number of piperidine rings is 1. The van der Waals surface area contributed by atoms with Crippen LogP contribution < -0.4 is 15.1 Å². The highest BCUT2D eigenvalue weighted by Gasteiger charge is 2.52. The van der Waals surface area contributed by atoms with Gasteiger partial charge in [0, 0.05) is 49.1 Å². The molecule has 2 aliphatic heterocycles. The topological polar surface area (TPSA) is 48.8 Å². The van der Waals surface area contributed by atoms with Crippen LogP contribution in [0.3, 0.4) is 0 Å². The highest BCUT2D eigenvalue weighted by atomic mass is 16.7. The molecule has 2 saturated heterocycles. The molecular formula is C42H54BN3O3. The number of ether oxygens (including phenoxy) is 1. The van der Waals surface area contributed by atoms with Gasteiger partial charge >= 0.3 is 7.12 Å². The lowest BCUT2D eigenvalue weighted by molar-refractivity contribution is 0.00578. The Kier molecular flexibility index (Phi) is 9.94. The summed E-state index contributed by atoms with van der Waals surface area (Å²) in [5, 5.41) is 4.65. The summed E-state index contributed by atoms with van der Waals surface area (Å²) in [6, 6.07) is 27.5. The minimum Gasteiger partial charge on any atom is -0.494 e. The lowest BCUT2D eigenvalue weighted by Gasteiger charge is -2.36. The molecular weight excluding hydrogens is 605 g/mol. The van der Waals surface area contributed by atoms with Crippen LogP contribution in [0.1, 0.15) is 107 Å². The van der Waals surface area contributed by atoms with Crippen molar-refractivity contribution in [1.29, 1.82) is 0 Å². The number of nitrogens with zero attached hydrogens (tertiary/aromatic N) is 3. The van der Waals surface area contributed by atoms with Crippen LogP contribution in [0.5, 0.6) is 5.75 Å². The second kappa shape index (κ2) is 14.4. The van der Waals surface area contributed by atoms with Gasteiger partial charge in [0.2, 0.25) is 0 Å². The molecule has 3 heterocycles. The number of aryl methyl sites for hydroxylation is 2. The van der Waals surface area contributed by atoms with Gasteiger partial charge in [-0.3, -0.25) is 4.68 Å². The average Bonchev–Trinajstić information content (AvgIpc) is 3.68. The summed E-state index contributed by atoms with van der Waals surface area (Å²) in [5.74, 6) is 2.52. The van der Waals surface area contributed by atoms with Crippen LogP contribution in [0, 0.1) is 5.92 Å². The fourth-order valence-corrected chi connectivity index (χ4v) is 7.98. The molecule has 0 bridgehead atoms. The van der Waals surface area contributed by atoms with E-state index in [2.05, 4.69) is 128 Å². The van der Waals surface area contributed by atoms with Gasteiger partial charge in [0.1, 0.15) is 5.75 Å². The van der Waals surface area contributed by atoms with Crippen molar-refractivity contribution in [3.63, 3.8) is 0 Å². The Morgan fingerprint density at radius 3 is 2.33 bits per heavy atom. The van der Waals surface area contributed by atoms with E-state index in [-0.39, 0.29) is 18.3 Å². The molecule has 0 radical (unpaired) electrons. The van der Waals surface area contributed by atoms with E-state index in [1.807, 2.05) is 6.20 Å². The SMILES string of the molecule is CCCCOc1ccc2c(c1)CC[C@H](c1ccccc1)[C@@H]2c1ccc(N2CCC(CCn3cc(B4OC(C)(C)C(C)(C)O4)cn3)CC2)cc1. The maximum atomic E-state index is 6.23. The molecule has 7 rings (SSSR count). The van der Waals surface area contributed by atoms with E-state index >= 15 is 0 Å². The fraction of sp³-hybridized carbons (Fsp3) is 0.500. The number of benzene rings is 3. The molecule has 1 aromatic heterocycles. The van der Waals surface area contributed by atoms with Crippen molar-refractivity contribution < 1.29 is 14.0 Å². The zero-order valence-corrected chi connectivity index (χ0v) is 30.2. The lowest BCUT2D eigenvalue weighted by atomic mass is 9.69. The zero-order valence-electron chi connectivity index (χ0n) is 30.2. The smallest absolute Gasteiger partial charge is 0.494 e. The monoisotopic (exact) mass is 659 g/mol. The van der Waals surface area contributed by atoms with E-state index in [4.69, 9.17) is 14.0 Å². The molecule has 3 aliphatic rings. The van der Waals surface area contributed by atoms with Gasteiger partial charge in [-0.25, -0.2) is 0 Å². The summed E-state index contributed by atoms with van der Waals surface area (Å²) in [5.41, 5.74) is 7.41. The van der Waals surface area contributed by atoms with Crippen molar-refractivity contribution in [2.75, 3.05) is 24.6 Å². The molecule has 0 amide bonds. The van der Waals surface area contributed by atoms with E-state index < -0.39 is 0 Å². The summed E-state index contributed by atoms with van der Waals surface area (Å²) >= 11 is 0. The van der Waals surface area contributed by atoms with Crippen LogP contribution in [-0.4, -0.2) is 47.8 Å². The second-order valence-corrected chi connectivity index (χ2v) is 15.5. The van der Waals surface area contributed by atoms with Gasteiger partial charge in [-0.15, -0.1) is 0 Å². The first kappa shape index (κ1) is 33.9. The van der Waals surface area contributed by atoms with Gasteiger partial charge in [0.25, 0.3) is 0 Å². The maximum Gasteiger partial charge on any atom is 0.498 e. The normalized spacial score (nSPS) is 21.9. The van der Waals surface area contributed by atoms with Crippen molar-refractivity contribution >= 4 is 18.3 Å². The van der Waals surface area contributed by atoms with Gasteiger partial charge in [0.05, 0.1) is 17.8 Å². The van der Waals surface area contributed by atoms with Gasteiger partial charge < -0.3 is 18.9 Å². The number of aromatic nitrogens is 2. The number of rotatable bonds is 11. The number of unbranched alkanes of at least 4 members (excludes halogenated alkanes) is 1. The molecule has 3 aromatic carbocycles. The highest BCUT2D eigenvalue weighted by Crippen LogP contribution is 2.47. The van der Waals surface area contributed by atoms with Crippen LogP contribution in [0.2, 0.25) is 0 Å². The van der Waals surface area contributed by atoms with Crippen LogP contribution in [-0.2, 0) is 22.3 Å². The van der Waals surface area contributed by atoms with Gasteiger partial charge in [-0.05, 0) is 125 Å². The third-order valence-electron chi connectivity index (χ3n) is 11.7. The predicted molar refractivity (Wildman–Crippen MR) is 200 cm³/mol. The molecule has 49 heavy (non-hydrogen) atoms. The molecule has 0 spiro atoms. The average molecular weight is 660 g/mol. The van der Waals surface area contributed by atoms with Crippen LogP contribution >= 0.6 is 0 Å². The van der Waals surface area contributed by atoms with E-state index in [0.29, 0.717) is 17.8 Å². The van der Waals surface area contributed by atoms with Crippen molar-refractivity contribution in [2.24, 2.45) is 5.92 Å². The summed E-state index contributed by atoms with van der Waals surface area (Å²) in [6.07, 6.45) is 12.1. The number of hydrogen-bond donors (Lipinski definition) is 0. The van der Waals surface area contributed by atoms with E-state index in [0.717, 1.165) is 69.6 Å². The second-order valence-electron chi connectivity index (χ2n) is 15.5. The summed E-state index contributed by atoms with van der Waals surface area (Å²) < 4.78 is 20.6. The van der Waals surface area contributed by atoms with Crippen LogP contribution in [0.25, 0.3) is 0 Å². The summed E-state index contributed by atoms with van der Waals surface area (Å²) in [6.45, 7) is 14.5. The van der Waals surface area contributed by atoms with Gasteiger partial charge in [-0.2, -0.15) is 5.10 Å². The minimum atomic E-state index is -0.353. The summed E-state index contributed by atoms with van der Waals surface area (Å²) in [7, 11) is -0.353. The molecule has 258 valence electrons. The van der Waals surface area contributed by atoms with Crippen LogP contribution in [0.4, 0.5) is 5.69 Å². The van der Waals surface area contributed by atoms with Crippen molar-refractivity contribution in [3.8, 4) is 5.75 Å². The highest BCUT2D eigenvalue weighted by molar-refractivity contribution is 6.62. The van der Waals surface area contributed by atoms with E-state index in [1.165, 1.54) is 40.8 Å². The molecule has 2 fully saturated rings. The molecule has 0 saturated carbocycles. The Labute approximate surface area is 294 Å². The third-order valence-corrected chi connectivity index (χ3v) is 11.7. The molecule has 0 N–H and O–H groups in total. The lowest BCUT2D eigenvalue weighted by Crippen LogP contribution is -2.41. The Bertz CT molecular complexity index is 1660. The molecule has 6 nitrogen and oxygen atoms in total. The molecule has 4 aromatic rings. The summed E-state index contributed by atoms with van der Waals surface area (Å²) in [4.78, 5) is 2.58. The first-order valence-corrected chi connectivity index (χ1v) is 18.7. The number of fused-ring (bicyclic) bond motifs is 1. The van der Waals surface area contributed by atoms with Crippen molar-refractivity contribution in [2.45, 2.75) is 109 Å². The standard InChI is InChI=1S/C42H54BN3O3/c1-6-7-27-47-37-18-20-39-34(28-37)15-19-38(32-11-9-8-10-12-32)40(39)33-13-16-36(17-14-33)45-24-21-31(22-25-45)23-26-46-30-35(29-44-46)43-48-41(2,3)42(4,5)49-43/h8-14,16-18,20,28-31,38,40H,6-7,15,19,21-27H2,1-5H3/t38-,40+/m1/s1. The first-order chi connectivity index (χ1) is 23.7. The predicted octanol–water partition coefficient (Wildman–Crippen LogP) is 8.53. The number of anilines is 1. The minimum absolute atomic E-state index is 0.336. The van der Waals surface area contributed by atoms with Crippen molar-refractivity contribution in [3.05, 3.63) is 107 Å². The van der Waals surface area contributed by atoms with Gasteiger partial charge in [-0.1, -0.05) is 61.9 Å². The van der Waals surface area contributed by atoms with E-state index in [9.17, 15) is 0 Å². The Balaban J connectivity index is 0.978. The fourth-order valence-electron chi connectivity index (χ4n) is 7.98.